The van der Waals surface area contributed by atoms with Crippen LogP contribution >= 0.6 is 0 Å². The number of nitrogens with zero attached hydrogens (tertiary/aromatic N) is 1. The maximum absolute atomic E-state index is 12.0. The monoisotopic (exact) mass is 307 g/mol. The molecule has 1 amide bonds. The molecule has 0 unspecified atom stereocenters. The first-order valence-corrected chi connectivity index (χ1v) is 8.66. The lowest BCUT2D eigenvalue weighted by atomic mass is 9.94. The van der Waals surface area contributed by atoms with Gasteiger partial charge in [-0.1, -0.05) is 0 Å². The van der Waals surface area contributed by atoms with E-state index in [1.54, 1.807) is 11.8 Å². The van der Waals surface area contributed by atoms with E-state index in [2.05, 4.69) is 0 Å². The highest BCUT2D eigenvalue weighted by atomic mass is 32.2. The zero-order valence-electron chi connectivity index (χ0n) is 12.9. The Balaban J connectivity index is 2.60. The molecular formula is C13H25NO5S. The molecule has 0 radical (unpaired) electrons. The predicted octanol–water partition coefficient (Wildman–Crippen LogP) is 2.00. The highest BCUT2D eigenvalue weighted by molar-refractivity contribution is 7.86. The number of rotatable bonds is 3. The standard InChI is InChI=1S/C13H25NO5S/c1-10(19-20(5,16)17)11-7-6-8-14(9-11)12(15)18-13(2,3)4/h10-11H,6-9H2,1-5H3/t10-,11-/m0/s1. The second-order valence-electron chi connectivity index (χ2n) is 6.33. The van der Waals surface area contributed by atoms with Crippen LogP contribution in [0.5, 0.6) is 0 Å². The molecule has 1 aliphatic heterocycles. The van der Waals surface area contributed by atoms with E-state index < -0.39 is 21.8 Å². The van der Waals surface area contributed by atoms with Crippen LogP contribution in [0.25, 0.3) is 0 Å². The van der Waals surface area contributed by atoms with Crippen molar-refractivity contribution in [2.24, 2.45) is 5.92 Å². The van der Waals surface area contributed by atoms with E-state index in [1.807, 2.05) is 20.8 Å². The zero-order valence-corrected chi connectivity index (χ0v) is 13.7. The third-order valence-electron chi connectivity index (χ3n) is 3.10. The van der Waals surface area contributed by atoms with Gasteiger partial charge in [0.15, 0.2) is 0 Å². The van der Waals surface area contributed by atoms with Crippen LogP contribution in [0.15, 0.2) is 0 Å². The predicted molar refractivity (Wildman–Crippen MR) is 75.9 cm³/mol. The Hall–Kier alpha value is -0.820. The molecular weight excluding hydrogens is 282 g/mol. The lowest BCUT2D eigenvalue weighted by Crippen LogP contribution is -2.45. The summed E-state index contributed by atoms with van der Waals surface area (Å²) >= 11 is 0. The van der Waals surface area contributed by atoms with Gasteiger partial charge in [-0.2, -0.15) is 8.42 Å². The summed E-state index contributed by atoms with van der Waals surface area (Å²) in [7, 11) is -3.47. The van der Waals surface area contributed by atoms with E-state index in [1.165, 1.54) is 0 Å². The first-order valence-electron chi connectivity index (χ1n) is 6.84. The van der Waals surface area contributed by atoms with Crippen molar-refractivity contribution in [3.05, 3.63) is 0 Å². The lowest BCUT2D eigenvalue weighted by Gasteiger charge is -2.36. The summed E-state index contributed by atoms with van der Waals surface area (Å²) in [6, 6.07) is 0. The molecule has 0 aromatic rings. The number of amides is 1. The Kier molecular flexibility index (Phi) is 5.43. The molecule has 1 saturated heterocycles. The van der Waals surface area contributed by atoms with Crippen LogP contribution in [0.3, 0.4) is 0 Å². The summed E-state index contributed by atoms with van der Waals surface area (Å²) < 4.78 is 32.7. The summed E-state index contributed by atoms with van der Waals surface area (Å²) in [6.45, 7) is 8.29. The normalized spacial score (nSPS) is 22.4. The molecule has 0 N–H and O–H groups in total. The highest BCUT2D eigenvalue weighted by Gasteiger charge is 2.31. The molecule has 0 saturated carbocycles. The minimum atomic E-state index is -3.47. The number of likely N-dealkylation sites (tertiary alicyclic amines) is 1. The van der Waals surface area contributed by atoms with E-state index in [0.29, 0.717) is 13.1 Å². The molecule has 7 heteroatoms. The van der Waals surface area contributed by atoms with Crippen LogP contribution in [-0.2, 0) is 19.0 Å². The van der Waals surface area contributed by atoms with Crippen LogP contribution < -0.4 is 0 Å². The fourth-order valence-electron chi connectivity index (χ4n) is 2.24. The van der Waals surface area contributed by atoms with Gasteiger partial charge in [0, 0.05) is 19.0 Å². The molecule has 1 heterocycles. The van der Waals surface area contributed by atoms with Gasteiger partial charge in [-0.15, -0.1) is 0 Å². The van der Waals surface area contributed by atoms with Crippen molar-refractivity contribution in [1.82, 2.24) is 4.90 Å². The van der Waals surface area contributed by atoms with E-state index in [0.717, 1.165) is 19.1 Å². The van der Waals surface area contributed by atoms with Gasteiger partial charge in [0.25, 0.3) is 10.1 Å². The number of carbonyl (C=O) groups excluding carboxylic acids is 1. The quantitative estimate of drug-likeness (QED) is 0.746. The molecule has 1 rings (SSSR count). The number of ether oxygens (including phenoxy) is 1. The average molecular weight is 307 g/mol. The topological polar surface area (TPSA) is 72.9 Å². The summed E-state index contributed by atoms with van der Waals surface area (Å²) in [4.78, 5) is 13.6. The first kappa shape index (κ1) is 17.2. The third kappa shape index (κ3) is 6.09. The van der Waals surface area contributed by atoms with Gasteiger partial charge in [0.2, 0.25) is 0 Å². The molecule has 0 aromatic carbocycles. The van der Waals surface area contributed by atoms with E-state index >= 15 is 0 Å². The maximum atomic E-state index is 12.0. The fourth-order valence-corrected chi connectivity index (χ4v) is 2.95. The molecule has 2 atom stereocenters. The molecule has 0 aliphatic carbocycles. The van der Waals surface area contributed by atoms with Crippen LogP contribution in [-0.4, -0.2) is 50.5 Å². The van der Waals surface area contributed by atoms with Crippen LogP contribution in [0, 0.1) is 5.92 Å². The largest absolute Gasteiger partial charge is 0.444 e. The van der Waals surface area contributed by atoms with Crippen LogP contribution in [0.2, 0.25) is 0 Å². The molecule has 0 aromatic heterocycles. The summed E-state index contributed by atoms with van der Waals surface area (Å²) in [5.74, 6) is 0.00555. The number of hydrogen-bond donors (Lipinski definition) is 0. The van der Waals surface area contributed by atoms with Gasteiger partial charge in [0.05, 0.1) is 12.4 Å². The van der Waals surface area contributed by atoms with Gasteiger partial charge in [-0.05, 0) is 40.5 Å². The SMILES string of the molecule is C[C@H](OS(C)(=O)=O)[C@H]1CCCN(C(=O)OC(C)(C)C)C1. The molecule has 1 fully saturated rings. The van der Waals surface area contributed by atoms with Crippen molar-refractivity contribution in [1.29, 1.82) is 0 Å². The highest BCUT2D eigenvalue weighted by Crippen LogP contribution is 2.24. The molecule has 20 heavy (non-hydrogen) atoms. The van der Waals surface area contributed by atoms with Gasteiger partial charge in [0.1, 0.15) is 5.60 Å². The zero-order chi connectivity index (χ0) is 15.6. The Labute approximate surface area is 121 Å². The Morgan fingerprint density at radius 3 is 2.45 bits per heavy atom. The summed E-state index contributed by atoms with van der Waals surface area (Å²) in [5.41, 5.74) is -0.529. The van der Waals surface area contributed by atoms with Crippen molar-refractivity contribution >= 4 is 16.2 Å². The smallest absolute Gasteiger partial charge is 0.410 e. The van der Waals surface area contributed by atoms with Gasteiger partial charge < -0.3 is 9.64 Å². The Bertz CT molecular complexity index is 440. The molecule has 6 nitrogen and oxygen atoms in total. The number of hydrogen-bond acceptors (Lipinski definition) is 5. The average Bonchev–Trinajstić information content (AvgIpc) is 2.24. The van der Waals surface area contributed by atoms with Crippen LogP contribution in [0.4, 0.5) is 4.79 Å². The number of carbonyl (C=O) groups is 1. The molecule has 118 valence electrons. The summed E-state index contributed by atoms with van der Waals surface area (Å²) in [5, 5.41) is 0. The second kappa shape index (κ2) is 6.30. The summed E-state index contributed by atoms with van der Waals surface area (Å²) in [6.07, 6.45) is 1.92. The maximum Gasteiger partial charge on any atom is 0.410 e. The molecule has 1 aliphatic rings. The fraction of sp³-hybridized carbons (Fsp3) is 0.923. The second-order valence-corrected chi connectivity index (χ2v) is 7.93. The Morgan fingerprint density at radius 2 is 1.95 bits per heavy atom. The third-order valence-corrected chi connectivity index (χ3v) is 3.75. The van der Waals surface area contributed by atoms with Crippen molar-refractivity contribution in [3.8, 4) is 0 Å². The first-order chi connectivity index (χ1) is 8.98. The van der Waals surface area contributed by atoms with Crippen molar-refractivity contribution < 1.29 is 22.1 Å². The Morgan fingerprint density at radius 1 is 1.35 bits per heavy atom. The van der Waals surface area contributed by atoms with E-state index in [9.17, 15) is 13.2 Å². The lowest BCUT2D eigenvalue weighted by molar-refractivity contribution is 0.00874. The van der Waals surface area contributed by atoms with Crippen molar-refractivity contribution in [2.45, 2.75) is 52.2 Å². The van der Waals surface area contributed by atoms with E-state index in [-0.39, 0.29) is 12.0 Å². The van der Waals surface area contributed by atoms with E-state index in [4.69, 9.17) is 8.92 Å². The van der Waals surface area contributed by atoms with Gasteiger partial charge in [-0.25, -0.2) is 4.79 Å². The van der Waals surface area contributed by atoms with Gasteiger partial charge in [-0.3, -0.25) is 4.18 Å². The van der Waals surface area contributed by atoms with Crippen molar-refractivity contribution in [3.63, 3.8) is 0 Å². The minimum absolute atomic E-state index is 0.00555. The van der Waals surface area contributed by atoms with Crippen LogP contribution in [0.1, 0.15) is 40.5 Å². The number of piperidine rings is 1. The van der Waals surface area contributed by atoms with Crippen molar-refractivity contribution in [2.75, 3.05) is 19.3 Å². The van der Waals surface area contributed by atoms with Gasteiger partial charge >= 0.3 is 6.09 Å². The molecule has 0 spiro atoms. The minimum Gasteiger partial charge on any atom is -0.444 e. The molecule has 0 bridgehead atoms.